The number of ether oxygens (including phenoxy) is 1. The minimum Gasteiger partial charge on any atom is -0.376 e. The predicted molar refractivity (Wildman–Crippen MR) is 89.9 cm³/mol. The largest absolute Gasteiger partial charge is 0.376 e. The van der Waals surface area contributed by atoms with E-state index >= 15 is 0 Å². The molecule has 3 rings (SSSR count). The number of carbonyl (C=O) groups is 1. The third kappa shape index (κ3) is 3.22. The van der Waals surface area contributed by atoms with Gasteiger partial charge in [0, 0.05) is 42.1 Å². The van der Waals surface area contributed by atoms with Crippen LogP contribution >= 0.6 is 0 Å². The van der Waals surface area contributed by atoms with Crippen molar-refractivity contribution in [3.8, 4) is 0 Å². The van der Waals surface area contributed by atoms with E-state index in [-0.39, 0.29) is 5.91 Å². The topological polar surface area (TPSA) is 70.2 Å². The minimum atomic E-state index is -0.205. The van der Waals surface area contributed by atoms with E-state index in [0.29, 0.717) is 18.9 Å². The van der Waals surface area contributed by atoms with Crippen molar-refractivity contribution in [1.82, 2.24) is 10.2 Å². The number of nitrogens with zero attached hydrogens (tertiary/aromatic N) is 2. The van der Waals surface area contributed by atoms with Gasteiger partial charge in [0.1, 0.15) is 0 Å². The van der Waals surface area contributed by atoms with Crippen LogP contribution in [0.25, 0.3) is 0 Å². The maximum atomic E-state index is 12.4. The van der Waals surface area contributed by atoms with Crippen LogP contribution in [0.3, 0.4) is 0 Å². The van der Waals surface area contributed by atoms with Gasteiger partial charge in [0.05, 0.1) is 13.2 Å². The molecule has 1 aliphatic rings. The van der Waals surface area contributed by atoms with E-state index in [1.165, 1.54) is 0 Å². The Morgan fingerprint density at radius 2 is 2.04 bits per heavy atom. The molecule has 1 aromatic heterocycles. The zero-order chi connectivity index (χ0) is 16.2. The Labute approximate surface area is 135 Å². The molecule has 6 heteroatoms. The lowest BCUT2D eigenvalue weighted by Gasteiger charge is -2.21. The summed E-state index contributed by atoms with van der Waals surface area (Å²) < 4.78 is 5.42. The van der Waals surface area contributed by atoms with Crippen LogP contribution in [0.1, 0.15) is 35.6 Å². The van der Waals surface area contributed by atoms with E-state index in [0.717, 1.165) is 42.1 Å². The van der Waals surface area contributed by atoms with Crippen molar-refractivity contribution in [2.24, 2.45) is 0 Å². The Morgan fingerprint density at radius 3 is 2.74 bits per heavy atom. The molecule has 2 N–H and O–H groups in total. The van der Waals surface area contributed by atoms with Gasteiger partial charge in [-0.2, -0.15) is 5.10 Å². The fourth-order valence-corrected chi connectivity index (χ4v) is 2.83. The second-order valence-electron chi connectivity index (χ2n) is 5.51. The van der Waals surface area contributed by atoms with Gasteiger partial charge in [0.15, 0.2) is 5.69 Å². The highest BCUT2D eigenvalue weighted by Gasteiger charge is 2.22. The van der Waals surface area contributed by atoms with Crippen LogP contribution in [0.5, 0.6) is 0 Å². The SMILES string of the molecule is CCN(CC)c1ccc(NC(=O)c2n[nH]c3c2COCC3)cc1. The van der Waals surface area contributed by atoms with E-state index in [1.54, 1.807) is 0 Å². The molecule has 1 aromatic carbocycles. The second kappa shape index (κ2) is 6.83. The minimum absolute atomic E-state index is 0.205. The number of carbonyl (C=O) groups excluding carboxylic acids is 1. The number of aromatic amines is 1. The summed E-state index contributed by atoms with van der Waals surface area (Å²) in [5.74, 6) is -0.205. The number of amides is 1. The summed E-state index contributed by atoms with van der Waals surface area (Å²) in [6, 6.07) is 7.87. The molecule has 2 aromatic rings. The van der Waals surface area contributed by atoms with Crippen LogP contribution in [0.2, 0.25) is 0 Å². The van der Waals surface area contributed by atoms with Gasteiger partial charge in [-0.15, -0.1) is 0 Å². The molecule has 0 saturated heterocycles. The molecule has 1 aliphatic heterocycles. The number of aromatic nitrogens is 2. The van der Waals surface area contributed by atoms with Crippen LogP contribution in [0.4, 0.5) is 11.4 Å². The molecule has 0 aliphatic carbocycles. The molecule has 23 heavy (non-hydrogen) atoms. The maximum Gasteiger partial charge on any atom is 0.276 e. The molecule has 0 bridgehead atoms. The zero-order valence-electron chi connectivity index (χ0n) is 13.6. The number of H-pyrrole nitrogens is 1. The van der Waals surface area contributed by atoms with E-state index in [4.69, 9.17) is 4.74 Å². The standard InChI is InChI=1S/C17H22N4O2/c1-3-21(4-2)13-7-5-12(6-8-13)18-17(22)16-14-11-23-10-9-15(14)19-20-16/h5-8H,3-4,9-11H2,1-2H3,(H,18,22)(H,19,20). The molecule has 122 valence electrons. The third-order valence-corrected chi connectivity index (χ3v) is 4.16. The molecule has 1 amide bonds. The van der Waals surface area contributed by atoms with Crippen LogP contribution in [-0.4, -0.2) is 35.8 Å². The number of benzene rings is 1. The lowest BCUT2D eigenvalue weighted by Crippen LogP contribution is -2.21. The van der Waals surface area contributed by atoms with Gasteiger partial charge >= 0.3 is 0 Å². The molecular weight excluding hydrogens is 292 g/mol. The highest BCUT2D eigenvalue weighted by atomic mass is 16.5. The van der Waals surface area contributed by atoms with E-state index < -0.39 is 0 Å². The lowest BCUT2D eigenvalue weighted by atomic mass is 10.1. The van der Waals surface area contributed by atoms with Gasteiger partial charge < -0.3 is 15.0 Å². The Balaban J connectivity index is 1.72. The summed E-state index contributed by atoms with van der Waals surface area (Å²) in [6.45, 7) is 7.28. The Morgan fingerprint density at radius 1 is 1.30 bits per heavy atom. The molecule has 0 fully saturated rings. The van der Waals surface area contributed by atoms with E-state index in [2.05, 4.69) is 34.3 Å². The molecule has 0 unspecified atom stereocenters. The van der Waals surface area contributed by atoms with Crippen molar-refractivity contribution in [1.29, 1.82) is 0 Å². The fourth-order valence-electron chi connectivity index (χ4n) is 2.83. The van der Waals surface area contributed by atoms with Crippen LogP contribution < -0.4 is 10.2 Å². The molecule has 0 saturated carbocycles. The van der Waals surface area contributed by atoms with Crippen LogP contribution in [0, 0.1) is 0 Å². The van der Waals surface area contributed by atoms with Crippen molar-refractivity contribution in [3.63, 3.8) is 0 Å². The quantitative estimate of drug-likeness (QED) is 0.890. The first-order valence-electron chi connectivity index (χ1n) is 8.03. The molecule has 2 heterocycles. The van der Waals surface area contributed by atoms with E-state index in [9.17, 15) is 4.79 Å². The summed E-state index contributed by atoms with van der Waals surface area (Å²) in [7, 11) is 0. The highest BCUT2D eigenvalue weighted by molar-refractivity contribution is 6.04. The summed E-state index contributed by atoms with van der Waals surface area (Å²) in [5.41, 5.74) is 4.21. The van der Waals surface area contributed by atoms with Gasteiger partial charge in [-0.25, -0.2) is 0 Å². The van der Waals surface area contributed by atoms with Gasteiger partial charge in [-0.05, 0) is 38.1 Å². The van der Waals surface area contributed by atoms with Gasteiger partial charge in [-0.1, -0.05) is 0 Å². The normalized spacial score (nSPS) is 13.5. The highest BCUT2D eigenvalue weighted by Crippen LogP contribution is 2.21. The molecule has 0 radical (unpaired) electrons. The number of hydrogen-bond acceptors (Lipinski definition) is 4. The van der Waals surface area contributed by atoms with Crippen molar-refractivity contribution in [2.45, 2.75) is 26.9 Å². The first kappa shape index (κ1) is 15.6. The number of nitrogens with one attached hydrogen (secondary N) is 2. The first-order chi connectivity index (χ1) is 11.2. The van der Waals surface area contributed by atoms with Gasteiger partial charge in [0.25, 0.3) is 5.91 Å². The lowest BCUT2D eigenvalue weighted by molar-refractivity contribution is 0.0985. The number of rotatable bonds is 5. The molecular formula is C17H22N4O2. The maximum absolute atomic E-state index is 12.4. The fraction of sp³-hybridized carbons (Fsp3) is 0.412. The summed E-state index contributed by atoms with van der Waals surface area (Å²) in [6.07, 6.45) is 0.772. The Hall–Kier alpha value is -2.34. The Kier molecular flexibility index (Phi) is 4.62. The van der Waals surface area contributed by atoms with Gasteiger partial charge in [0.2, 0.25) is 0 Å². The van der Waals surface area contributed by atoms with E-state index in [1.807, 2.05) is 24.3 Å². The summed E-state index contributed by atoms with van der Waals surface area (Å²) >= 11 is 0. The average molecular weight is 314 g/mol. The van der Waals surface area contributed by atoms with Crippen molar-refractivity contribution < 1.29 is 9.53 Å². The van der Waals surface area contributed by atoms with Crippen molar-refractivity contribution in [3.05, 3.63) is 41.2 Å². The summed E-state index contributed by atoms with van der Waals surface area (Å²) in [5, 5.41) is 9.98. The summed E-state index contributed by atoms with van der Waals surface area (Å²) in [4.78, 5) is 14.7. The smallest absolute Gasteiger partial charge is 0.276 e. The number of fused-ring (bicyclic) bond motifs is 1. The van der Waals surface area contributed by atoms with Gasteiger partial charge in [-0.3, -0.25) is 9.89 Å². The average Bonchev–Trinajstić information content (AvgIpc) is 3.01. The van der Waals surface area contributed by atoms with Crippen LogP contribution in [0.15, 0.2) is 24.3 Å². The number of anilines is 2. The molecule has 0 atom stereocenters. The third-order valence-electron chi connectivity index (χ3n) is 4.16. The van der Waals surface area contributed by atoms with Crippen LogP contribution in [-0.2, 0) is 17.8 Å². The molecule has 0 spiro atoms. The zero-order valence-corrected chi connectivity index (χ0v) is 13.6. The first-order valence-corrected chi connectivity index (χ1v) is 8.03. The number of hydrogen-bond donors (Lipinski definition) is 2. The second-order valence-corrected chi connectivity index (χ2v) is 5.51. The Bertz CT molecular complexity index is 674. The monoisotopic (exact) mass is 314 g/mol. The molecule has 6 nitrogen and oxygen atoms in total. The van der Waals surface area contributed by atoms with Crippen molar-refractivity contribution in [2.75, 3.05) is 29.9 Å². The predicted octanol–water partition coefficient (Wildman–Crippen LogP) is 2.58. The van der Waals surface area contributed by atoms with Crippen molar-refractivity contribution >= 4 is 17.3 Å².